The van der Waals surface area contributed by atoms with Crippen LogP contribution in [0.25, 0.3) is 0 Å². The van der Waals surface area contributed by atoms with Crippen molar-refractivity contribution in [1.29, 1.82) is 0 Å². The van der Waals surface area contributed by atoms with Crippen molar-refractivity contribution in [2.45, 2.75) is 64.8 Å². The average Bonchev–Trinajstić information content (AvgIpc) is 2.42. The van der Waals surface area contributed by atoms with Crippen molar-refractivity contribution in [2.24, 2.45) is 23.5 Å². The highest BCUT2D eigenvalue weighted by atomic mass is 16.3. The summed E-state index contributed by atoms with van der Waals surface area (Å²) in [7, 11) is 0. The Morgan fingerprint density at radius 1 is 1.27 bits per heavy atom. The van der Waals surface area contributed by atoms with Crippen molar-refractivity contribution in [1.82, 2.24) is 0 Å². The largest absolute Gasteiger partial charge is 0.512 e. The molecular weight excluding hydrogens is 274 g/mol. The molecule has 0 spiro atoms. The normalized spacial score (nSPS) is 35.6. The summed E-state index contributed by atoms with van der Waals surface area (Å²) in [5, 5.41) is 20.4. The van der Waals surface area contributed by atoms with Gasteiger partial charge in [-0.2, -0.15) is 0 Å². The third kappa shape index (κ3) is 3.75. The Hall–Kier alpha value is -1.22. The number of hydrogen-bond donors (Lipinski definition) is 3. The molecule has 3 heteroatoms. The Morgan fingerprint density at radius 3 is 2.68 bits per heavy atom. The molecule has 0 amide bonds. The van der Waals surface area contributed by atoms with Crippen LogP contribution in [0.15, 0.2) is 35.3 Å². The van der Waals surface area contributed by atoms with Crippen LogP contribution in [-0.2, 0) is 0 Å². The van der Waals surface area contributed by atoms with Gasteiger partial charge in [-0.15, -0.1) is 0 Å². The van der Waals surface area contributed by atoms with Gasteiger partial charge in [0, 0.05) is 23.5 Å². The van der Waals surface area contributed by atoms with Crippen LogP contribution in [-0.4, -0.2) is 15.8 Å². The Kier molecular flexibility index (Phi) is 5.38. The quantitative estimate of drug-likeness (QED) is 0.506. The first-order chi connectivity index (χ1) is 10.3. The van der Waals surface area contributed by atoms with Crippen molar-refractivity contribution in [3.63, 3.8) is 0 Å². The van der Waals surface area contributed by atoms with Crippen molar-refractivity contribution in [2.75, 3.05) is 0 Å². The number of nitrogens with two attached hydrogens (primary N) is 1. The number of aliphatic hydroxyl groups is 2. The average molecular weight is 305 g/mol. The molecule has 124 valence electrons. The number of unbranched alkanes of at least 4 members (excludes halogenated alkanes) is 2. The third-order valence-corrected chi connectivity index (χ3v) is 5.29. The Balaban J connectivity index is 2.27. The van der Waals surface area contributed by atoms with E-state index in [1.165, 1.54) is 24.5 Å². The first-order valence-corrected chi connectivity index (χ1v) is 8.62. The van der Waals surface area contributed by atoms with Crippen LogP contribution >= 0.6 is 0 Å². The Labute approximate surface area is 134 Å². The standard InChI is InChI=1S/C19H31NO2/c1-4-5-6-7-14-11-15(21)12-17(22)18(14)16-10-13(2)8-9-19(16,3)20/h10-12,14,16,18,21-22H,4-9,20H2,1-3H3/t14?,16-,18?,19-/m0/s1. The van der Waals surface area contributed by atoms with Crippen LogP contribution in [0.1, 0.15) is 59.3 Å². The molecular formula is C19H31NO2. The first-order valence-electron chi connectivity index (χ1n) is 8.62. The van der Waals surface area contributed by atoms with E-state index < -0.39 is 0 Å². The summed E-state index contributed by atoms with van der Waals surface area (Å²) in [6.45, 7) is 6.42. The fraction of sp³-hybridized carbons (Fsp3) is 0.684. The summed E-state index contributed by atoms with van der Waals surface area (Å²) in [4.78, 5) is 0. The predicted molar refractivity (Wildman–Crippen MR) is 91.6 cm³/mol. The van der Waals surface area contributed by atoms with Gasteiger partial charge in [0.15, 0.2) is 0 Å². The molecule has 4 atom stereocenters. The highest BCUT2D eigenvalue weighted by Crippen LogP contribution is 2.44. The highest BCUT2D eigenvalue weighted by Gasteiger charge is 2.42. The molecule has 0 saturated carbocycles. The molecule has 2 aliphatic carbocycles. The van der Waals surface area contributed by atoms with Crippen molar-refractivity contribution in [3.8, 4) is 0 Å². The molecule has 0 aliphatic heterocycles. The van der Waals surface area contributed by atoms with E-state index in [-0.39, 0.29) is 34.8 Å². The lowest BCUT2D eigenvalue weighted by Gasteiger charge is -2.44. The van der Waals surface area contributed by atoms with E-state index in [1.807, 2.05) is 6.08 Å². The van der Waals surface area contributed by atoms with Gasteiger partial charge in [0.1, 0.15) is 11.5 Å². The van der Waals surface area contributed by atoms with Gasteiger partial charge in [-0.25, -0.2) is 0 Å². The highest BCUT2D eigenvalue weighted by molar-refractivity contribution is 5.28. The molecule has 22 heavy (non-hydrogen) atoms. The van der Waals surface area contributed by atoms with Crippen LogP contribution in [0.3, 0.4) is 0 Å². The van der Waals surface area contributed by atoms with E-state index >= 15 is 0 Å². The second-order valence-electron chi connectivity index (χ2n) is 7.39. The van der Waals surface area contributed by atoms with Crippen LogP contribution in [0.2, 0.25) is 0 Å². The number of rotatable bonds is 5. The summed E-state index contributed by atoms with van der Waals surface area (Å²) in [6, 6.07) is 0. The van der Waals surface area contributed by atoms with Gasteiger partial charge < -0.3 is 15.9 Å². The molecule has 2 aliphatic rings. The summed E-state index contributed by atoms with van der Waals surface area (Å²) >= 11 is 0. The van der Waals surface area contributed by atoms with E-state index in [9.17, 15) is 10.2 Å². The number of allylic oxidation sites excluding steroid dienone is 4. The maximum Gasteiger partial charge on any atom is 0.115 e. The summed E-state index contributed by atoms with van der Waals surface area (Å²) in [6.07, 6.45) is 12.1. The van der Waals surface area contributed by atoms with Gasteiger partial charge >= 0.3 is 0 Å². The summed E-state index contributed by atoms with van der Waals surface area (Å²) in [5.41, 5.74) is 7.61. The first kappa shape index (κ1) is 17.1. The summed E-state index contributed by atoms with van der Waals surface area (Å²) < 4.78 is 0. The molecule has 0 heterocycles. The monoisotopic (exact) mass is 305 g/mol. The van der Waals surface area contributed by atoms with E-state index in [0.717, 1.165) is 25.7 Å². The molecule has 3 nitrogen and oxygen atoms in total. The van der Waals surface area contributed by atoms with Crippen molar-refractivity contribution >= 4 is 0 Å². The molecule has 0 aromatic carbocycles. The Morgan fingerprint density at radius 2 is 2.00 bits per heavy atom. The minimum Gasteiger partial charge on any atom is -0.512 e. The van der Waals surface area contributed by atoms with Gasteiger partial charge in [0.25, 0.3) is 0 Å². The second-order valence-corrected chi connectivity index (χ2v) is 7.39. The molecule has 2 rings (SSSR count). The van der Waals surface area contributed by atoms with Crippen LogP contribution in [0.4, 0.5) is 0 Å². The number of hydrogen-bond acceptors (Lipinski definition) is 3. The van der Waals surface area contributed by atoms with Crippen molar-refractivity contribution in [3.05, 3.63) is 35.3 Å². The molecule has 0 saturated heterocycles. The van der Waals surface area contributed by atoms with E-state index in [0.29, 0.717) is 0 Å². The van der Waals surface area contributed by atoms with E-state index in [2.05, 4.69) is 26.8 Å². The van der Waals surface area contributed by atoms with Crippen LogP contribution in [0, 0.1) is 17.8 Å². The number of aliphatic hydroxyl groups excluding tert-OH is 2. The summed E-state index contributed by atoms with van der Waals surface area (Å²) in [5.74, 6) is 0.734. The van der Waals surface area contributed by atoms with Gasteiger partial charge in [0.2, 0.25) is 0 Å². The van der Waals surface area contributed by atoms with Gasteiger partial charge in [-0.3, -0.25) is 0 Å². The fourth-order valence-corrected chi connectivity index (χ4v) is 3.91. The molecule has 0 radical (unpaired) electrons. The fourth-order valence-electron chi connectivity index (χ4n) is 3.91. The zero-order valence-corrected chi connectivity index (χ0v) is 14.2. The minimum absolute atomic E-state index is 0.0157. The zero-order valence-electron chi connectivity index (χ0n) is 14.2. The lowest BCUT2D eigenvalue weighted by molar-refractivity contribution is 0.152. The van der Waals surface area contributed by atoms with E-state index in [1.54, 1.807) is 0 Å². The predicted octanol–water partition coefficient (Wildman–Crippen LogP) is 4.77. The molecule has 0 bridgehead atoms. The molecule has 2 unspecified atom stereocenters. The SMILES string of the molecule is CCCCCC1C=C(O)C=C(O)C1[C@@H]1C=C(C)CC[C@]1(C)N. The third-order valence-electron chi connectivity index (χ3n) is 5.29. The molecule has 0 aromatic heterocycles. The smallest absolute Gasteiger partial charge is 0.115 e. The zero-order chi connectivity index (χ0) is 16.3. The van der Waals surface area contributed by atoms with Crippen LogP contribution < -0.4 is 5.73 Å². The van der Waals surface area contributed by atoms with Gasteiger partial charge in [0.05, 0.1) is 0 Å². The lowest BCUT2D eigenvalue weighted by Crippen LogP contribution is -2.50. The van der Waals surface area contributed by atoms with Gasteiger partial charge in [-0.05, 0) is 45.1 Å². The molecule has 4 N–H and O–H groups in total. The topological polar surface area (TPSA) is 66.5 Å². The molecule has 0 aromatic rings. The maximum absolute atomic E-state index is 10.5. The van der Waals surface area contributed by atoms with Crippen molar-refractivity contribution < 1.29 is 10.2 Å². The van der Waals surface area contributed by atoms with Gasteiger partial charge in [-0.1, -0.05) is 37.8 Å². The second kappa shape index (κ2) is 6.91. The maximum atomic E-state index is 10.5. The van der Waals surface area contributed by atoms with E-state index in [4.69, 9.17) is 5.73 Å². The molecule has 0 fully saturated rings. The minimum atomic E-state index is -0.310. The lowest BCUT2D eigenvalue weighted by atomic mass is 9.64. The Bertz CT molecular complexity index is 488. The van der Waals surface area contributed by atoms with Crippen LogP contribution in [0.5, 0.6) is 0 Å².